The van der Waals surface area contributed by atoms with E-state index in [0.717, 1.165) is 0 Å². The van der Waals surface area contributed by atoms with E-state index in [-0.39, 0.29) is 42.3 Å². The van der Waals surface area contributed by atoms with Crippen LogP contribution in [-0.4, -0.2) is 35.5 Å². The lowest BCUT2D eigenvalue weighted by Gasteiger charge is -2.27. The van der Waals surface area contributed by atoms with E-state index in [1.165, 1.54) is 4.90 Å². The van der Waals surface area contributed by atoms with Crippen molar-refractivity contribution in [2.45, 2.75) is 39.2 Å². The smallest absolute Gasteiger partial charge is 0.247 e. The quantitative estimate of drug-likeness (QED) is 0.623. The number of likely N-dealkylation sites (tertiary alicyclic amines) is 1. The van der Waals surface area contributed by atoms with Crippen LogP contribution >= 0.6 is 0 Å². The largest absolute Gasteiger partial charge is 0.454 e. The number of amides is 3. The Morgan fingerprint density at radius 1 is 1.11 bits per heavy atom. The lowest BCUT2D eigenvalue weighted by Crippen LogP contribution is -2.48. The van der Waals surface area contributed by atoms with Crippen molar-refractivity contribution in [1.82, 2.24) is 4.90 Å². The number of hydrogen-bond donors (Lipinski definition) is 1. The number of carbonyl (C=O) groups is 3. The maximum atomic E-state index is 13.1. The number of hydrogen-bond acceptors (Lipinski definition) is 5. The van der Waals surface area contributed by atoms with Crippen LogP contribution in [0.1, 0.15) is 33.1 Å². The van der Waals surface area contributed by atoms with Crippen molar-refractivity contribution in [3.05, 3.63) is 30.4 Å². The lowest BCUT2D eigenvalue weighted by atomic mass is 9.85. The minimum absolute atomic E-state index is 0.147. The zero-order valence-corrected chi connectivity index (χ0v) is 16.0. The minimum Gasteiger partial charge on any atom is -0.454 e. The maximum Gasteiger partial charge on any atom is 0.247 e. The van der Waals surface area contributed by atoms with Crippen molar-refractivity contribution in [2.75, 3.05) is 12.1 Å². The number of ether oxygens (including phenoxy) is 2. The standard InChI is InChI=1S/C21H24N2O5/c1-12(2)9-16(23-20(25)14-5-3-4-6-15(14)21(23)26)19(24)22-13-7-8-17-18(10-13)28-11-27-17/h3-4,7-8,10,12,14-16H,5-6,9,11H2,1-2H3,(H,22,24)/t14-,15+,16-/m0/s1. The molecule has 7 heteroatoms. The van der Waals surface area contributed by atoms with Crippen LogP contribution in [0, 0.1) is 17.8 Å². The van der Waals surface area contributed by atoms with E-state index in [0.29, 0.717) is 36.4 Å². The fourth-order valence-corrected chi connectivity index (χ4v) is 4.11. The fourth-order valence-electron chi connectivity index (χ4n) is 4.11. The van der Waals surface area contributed by atoms with Gasteiger partial charge in [0, 0.05) is 11.8 Å². The number of anilines is 1. The summed E-state index contributed by atoms with van der Waals surface area (Å²) < 4.78 is 10.6. The van der Waals surface area contributed by atoms with Gasteiger partial charge in [-0.15, -0.1) is 0 Å². The lowest BCUT2D eigenvalue weighted by molar-refractivity contribution is -0.147. The summed E-state index contributed by atoms with van der Waals surface area (Å²) in [5.74, 6) is -0.177. The number of fused-ring (bicyclic) bond motifs is 2. The number of benzene rings is 1. The SMILES string of the molecule is CC(C)C[C@@H](C(=O)Nc1ccc2c(c1)OCO2)N1C(=O)[C@H]2CC=CC[C@H]2C1=O. The van der Waals surface area contributed by atoms with Gasteiger partial charge in [0.1, 0.15) is 6.04 Å². The van der Waals surface area contributed by atoms with Gasteiger partial charge in [-0.25, -0.2) is 0 Å². The molecule has 0 radical (unpaired) electrons. The molecular formula is C21H24N2O5. The topological polar surface area (TPSA) is 84.9 Å². The van der Waals surface area contributed by atoms with Crippen molar-refractivity contribution in [3.63, 3.8) is 0 Å². The number of rotatable bonds is 5. The van der Waals surface area contributed by atoms with Crippen LogP contribution in [0.15, 0.2) is 30.4 Å². The normalized spacial score (nSPS) is 23.9. The fraction of sp³-hybridized carbons (Fsp3) is 0.476. The van der Waals surface area contributed by atoms with Crippen LogP contribution in [0.2, 0.25) is 0 Å². The van der Waals surface area contributed by atoms with Gasteiger partial charge >= 0.3 is 0 Å². The van der Waals surface area contributed by atoms with Gasteiger partial charge in [0.2, 0.25) is 24.5 Å². The van der Waals surface area contributed by atoms with Crippen LogP contribution in [0.3, 0.4) is 0 Å². The molecule has 3 amide bonds. The Bertz CT molecular complexity index is 821. The molecule has 0 saturated carbocycles. The monoisotopic (exact) mass is 384 g/mol. The number of carbonyl (C=O) groups excluding carboxylic acids is 3. The van der Waals surface area contributed by atoms with Crippen molar-refractivity contribution in [3.8, 4) is 11.5 Å². The van der Waals surface area contributed by atoms with E-state index in [2.05, 4.69) is 5.32 Å². The van der Waals surface area contributed by atoms with Gasteiger partial charge < -0.3 is 14.8 Å². The molecule has 1 N–H and O–H groups in total. The second kappa shape index (κ2) is 7.30. The molecule has 2 aliphatic heterocycles. The molecule has 1 fully saturated rings. The number of nitrogens with one attached hydrogen (secondary N) is 1. The summed E-state index contributed by atoms with van der Waals surface area (Å²) in [7, 11) is 0. The van der Waals surface area contributed by atoms with Crippen LogP contribution < -0.4 is 14.8 Å². The zero-order chi connectivity index (χ0) is 19.8. The Balaban J connectivity index is 1.56. The summed E-state index contributed by atoms with van der Waals surface area (Å²) in [5, 5.41) is 2.84. The highest BCUT2D eigenvalue weighted by Gasteiger charge is 2.51. The van der Waals surface area contributed by atoms with Crippen molar-refractivity contribution >= 4 is 23.4 Å². The zero-order valence-electron chi connectivity index (χ0n) is 16.0. The average Bonchev–Trinajstić information content (AvgIpc) is 3.23. The van der Waals surface area contributed by atoms with E-state index in [9.17, 15) is 14.4 Å². The first-order valence-corrected chi connectivity index (χ1v) is 9.68. The first-order chi connectivity index (χ1) is 13.5. The molecule has 2 heterocycles. The molecule has 4 rings (SSSR count). The maximum absolute atomic E-state index is 13.1. The number of imide groups is 1. The molecule has 1 saturated heterocycles. The second-order valence-electron chi connectivity index (χ2n) is 7.90. The van der Waals surface area contributed by atoms with E-state index in [1.807, 2.05) is 26.0 Å². The highest BCUT2D eigenvalue weighted by atomic mass is 16.7. The predicted octanol–water partition coefficient (Wildman–Crippen LogP) is 2.72. The van der Waals surface area contributed by atoms with Gasteiger partial charge in [-0.1, -0.05) is 26.0 Å². The molecule has 3 aliphatic rings. The Morgan fingerprint density at radius 2 is 1.75 bits per heavy atom. The molecular weight excluding hydrogens is 360 g/mol. The third-order valence-corrected chi connectivity index (χ3v) is 5.49. The molecule has 1 aromatic rings. The van der Waals surface area contributed by atoms with Gasteiger partial charge in [-0.3, -0.25) is 19.3 Å². The van der Waals surface area contributed by atoms with Crippen molar-refractivity contribution in [1.29, 1.82) is 0 Å². The molecule has 3 atom stereocenters. The number of allylic oxidation sites excluding steroid dienone is 2. The average molecular weight is 384 g/mol. The summed E-state index contributed by atoms with van der Waals surface area (Å²) >= 11 is 0. The third-order valence-electron chi connectivity index (χ3n) is 5.49. The molecule has 0 spiro atoms. The Hall–Kier alpha value is -2.83. The highest BCUT2D eigenvalue weighted by molar-refractivity contribution is 6.10. The molecule has 28 heavy (non-hydrogen) atoms. The molecule has 148 valence electrons. The van der Waals surface area contributed by atoms with Crippen molar-refractivity contribution < 1.29 is 23.9 Å². The summed E-state index contributed by atoms with van der Waals surface area (Å²) in [4.78, 5) is 40.2. The Labute approximate surface area is 163 Å². The van der Waals surface area contributed by atoms with Crippen LogP contribution in [0.5, 0.6) is 11.5 Å². The predicted molar refractivity (Wildman–Crippen MR) is 102 cm³/mol. The molecule has 1 aromatic carbocycles. The Morgan fingerprint density at radius 3 is 2.39 bits per heavy atom. The van der Waals surface area contributed by atoms with Crippen LogP contribution in [0.25, 0.3) is 0 Å². The summed E-state index contributed by atoms with van der Waals surface area (Å²) in [6, 6.07) is 4.30. The van der Waals surface area contributed by atoms with Gasteiger partial charge in [-0.2, -0.15) is 0 Å². The summed E-state index contributed by atoms with van der Waals surface area (Å²) in [5.41, 5.74) is 0.543. The second-order valence-corrected chi connectivity index (χ2v) is 7.90. The molecule has 1 aliphatic carbocycles. The van der Waals surface area contributed by atoms with Gasteiger partial charge in [-0.05, 0) is 37.3 Å². The molecule has 7 nitrogen and oxygen atoms in total. The summed E-state index contributed by atoms with van der Waals surface area (Å²) in [6.07, 6.45) is 5.43. The first kappa shape index (κ1) is 18.5. The van der Waals surface area contributed by atoms with E-state index in [4.69, 9.17) is 9.47 Å². The highest BCUT2D eigenvalue weighted by Crippen LogP contribution is 2.38. The van der Waals surface area contributed by atoms with Crippen molar-refractivity contribution in [2.24, 2.45) is 17.8 Å². The van der Waals surface area contributed by atoms with E-state index in [1.54, 1.807) is 18.2 Å². The first-order valence-electron chi connectivity index (χ1n) is 9.68. The molecule has 0 aromatic heterocycles. The number of nitrogens with zero attached hydrogens (tertiary/aromatic N) is 1. The van der Waals surface area contributed by atoms with Gasteiger partial charge in [0.15, 0.2) is 11.5 Å². The minimum atomic E-state index is -0.823. The van der Waals surface area contributed by atoms with E-state index < -0.39 is 6.04 Å². The summed E-state index contributed by atoms with van der Waals surface area (Å²) in [6.45, 7) is 4.09. The van der Waals surface area contributed by atoms with Crippen LogP contribution in [0.4, 0.5) is 5.69 Å². The van der Waals surface area contributed by atoms with E-state index >= 15 is 0 Å². The Kier molecular flexibility index (Phi) is 4.83. The third kappa shape index (κ3) is 3.25. The van der Waals surface area contributed by atoms with Gasteiger partial charge in [0.05, 0.1) is 11.8 Å². The molecule has 0 unspecified atom stereocenters. The van der Waals surface area contributed by atoms with Crippen LogP contribution in [-0.2, 0) is 14.4 Å². The van der Waals surface area contributed by atoms with Gasteiger partial charge in [0.25, 0.3) is 0 Å². The molecule has 0 bridgehead atoms.